The summed E-state index contributed by atoms with van der Waals surface area (Å²) in [6, 6.07) is 7.57. The van der Waals surface area contributed by atoms with E-state index in [0.717, 1.165) is 11.3 Å². The third-order valence-electron chi connectivity index (χ3n) is 1.73. The fourth-order valence-electron chi connectivity index (χ4n) is 1.03. The van der Waals surface area contributed by atoms with Gasteiger partial charge in [0.25, 0.3) is 0 Å². The van der Waals surface area contributed by atoms with Crippen LogP contribution >= 0.6 is 0 Å². The van der Waals surface area contributed by atoms with E-state index in [1.54, 1.807) is 7.11 Å². The molecule has 1 aromatic carbocycles. The van der Waals surface area contributed by atoms with E-state index < -0.39 is 0 Å². The topological polar surface area (TPSA) is 35.5 Å². The monoisotopic (exact) mass is 194 g/mol. The molecular weight excluding hydrogens is 180 g/mol. The molecule has 0 amide bonds. The van der Waals surface area contributed by atoms with Gasteiger partial charge in [-0.2, -0.15) is 0 Å². The van der Waals surface area contributed by atoms with Crippen LogP contribution in [0.25, 0.3) is 0 Å². The van der Waals surface area contributed by atoms with E-state index in [4.69, 9.17) is 9.47 Å². The summed E-state index contributed by atoms with van der Waals surface area (Å²) in [5, 5.41) is 0. The second-order valence-electron chi connectivity index (χ2n) is 3.04. The molecule has 76 valence electrons. The average Bonchev–Trinajstić information content (AvgIpc) is 2.18. The second kappa shape index (κ2) is 5.40. The standard InChI is InChI=1S/C11H14O3/c1-9(12)7-14-8-10-3-5-11(13-2)6-4-10/h3-6H,7-8H2,1-2H3. The zero-order chi connectivity index (χ0) is 10.4. The van der Waals surface area contributed by atoms with Gasteiger partial charge in [-0.15, -0.1) is 0 Å². The molecule has 0 heterocycles. The third-order valence-corrected chi connectivity index (χ3v) is 1.73. The summed E-state index contributed by atoms with van der Waals surface area (Å²) < 4.78 is 10.2. The third kappa shape index (κ3) is 3.58. The van der Waals surface area contributed by atoms with E-state index in [2.05, 4.69) is 0 Å². The molecular formula is C11H14O3. The van der Waals surface area contributed by atoms with E-state index in [0.29, 0.717) is 6.61 Å². The van der Waals surface area contributed by atoms with Crippen molar-refractivity contribution < 1.29 is 14.3 Å². The van der Waals surface area contributed by atoms with Crippen molar-refractivity contribution in [2.24, 2.45) is 0 Å². The minimum absolute atomic E-state index is 0.0403. The number of ether oxygens (including phenoxy) is 2. The average molecular weight is 194 g/mol. The first-order valence-corrected chi connectivity index (χ1v) is 4.42. The number of Topliss-reactive ketones (excluding diaryl/α,β-unsaturated/α-hetero) is 1. The molecule has 0 spiro atoms. The summed E-state index contributed by atoms with van der Waals surface area (Å²) in [5.74, 6) is 0.860. The number of carbonyl (C=O) groups excluding carboxylic acids is 1. The van der Waals surface area contributed by atoms with E-state index in [-0.39, 0.29) is 12.4 Å². The van der Waals surface area contributed by atoms with Crippen LogP contribution in [0.5, 0.6) is 5.75 Å². The highest BCUT2D eigenvalue weighted by atomic mass is 16.5. The molecule has 0 saturated carbocycles. The number of carbonyl (C=O) groups is 1. The minimum Gasteiger partial charge on any atom is -0.497 e. The molecule has 0 radical (unpaired) electrons. The van der Waals surface area contributed by atoms with E-state index >= 15 is 0 Å². The van der Waals surface area contributed by atoms with Crippen molar-refractivity contribution in [3.63, 3.8) is 0 Å². The smallest absolute Gasteiger partial charge is 0.155 e. The minimum atomic E-state index is 0.0403. The number of methoxy groups -OCH3 is 1. The summed E-state index contributed by atoms with van der Waals surface area (Å²) in [6.45, 7) is 2.14. The number of hydrogen-bond acceptors (Lipinski definition) is 3. The van der Waals surface area contributed by atoms with Crippen molar-refractivity contribution in [2.45, 2.75) is 13.5 Å². The van der Waals surface area contributed by atoms with Crippen LogP contribution in [0, 0.1) is 0 Å². The SMILES string of the molecule is COc1ccc(COCC(C)=O)cc1. The predicted molar refractivity (Wildman–Crippen MR) is 53.3 cm³/mol. The van der Waals surface area contributed by atoms with Crippen LogP contribution in [0.15, 0.2) is 24.3 Å². The van der Waals surface area contributed by atoms with Gasteiger partial charge in [0, 0.05) is 0 Å². The van der Waals surface area contributed by atoms with Gasteiger partial charge in [0.2, 0.25) is 0 Å². The quantitative estimate of drug-likeness (QED) is 0.717. The molecule has 3 nitrogen and oxygen atoms in total. The van der Waals surface area contributed by atoms with Gasteiger partial charge in [0.15, 0.2) is 5.78 Å². The summed E-state index contributed by atoms with van der Waals surface area (Å²) in [6.07, 6.45) is 0. The molecule has 1 rings (SSSR count). The van der Waals surface area contributed by atoms with E-state index in [1.165, 1.54) is 6.92 Å². The lowest BCUT2D eigenvalue weighted by Crippen LogP contribution is -2.03. The van der Waals surface area contributed by atoms with Gasteiger partial charge in [-0.3, -0.25) is 4.79 Å². The van der Waals surface area contributed by atoms with Gasteiger partial charge in [-0.05, 0) is 24.6 Å². The number of hydrogen-bond donors (Lipinski definition) is 0. The molecule has 0 aliphatic rings. The Morgan fingerprint density at radius 1 is 1.29 bits per heavy atom. The lowest BCUT2D eigenvalue weighted by Gasteiger charge is -2.03. The van der Waals surface area contributed by atoms with Gasteiger partial charge < -0.3 is 9.47 Å². The largest absolute Gasteiger partial charge is 0.497 e. The highest BCUT2D eigenvalue weighted by Crippen LogP contribution is 2.11. The van der Waals surface area contributed by atoms with Crippen LogP contribution in [0.4, 0.5) is 0 Å². The molecule has 0 N–H and O–H groups in total. The van der Waals surface area contributed by atoms with Crippen molar-refractivity contribution >= 4 is 5.78 Å². The maximum absolute atomic E-state index is 10.6. The summed E-state index contributed by atoms with van der Waals surface area (Å²) in [7, 11) is 1.63. The summed E-state index contributed by atoms with van der Waals surface area (Å²) in [5.41, 5.74) is 1.03. The maximum atomic E-state index is 10.6. The zero-order valence-corrected chi connectivity index (χ0v) is 8.45. The fourth-order valence-corrected chi connectivity index (χ4v) is 1.03. The van der Waals surface area contributed by atoms with Crippen LogP contribution in [0.1, 0.15) is 12.5 Å². The Kier molecular flexibility index (Phi) is 4.13. The molecule has 0 atom stereocenters. The Balaban J connectivity index is 2.40. The molecule has 0 aromatic heterocycles. The van der Waals surface area contributed by atoms with Gasteiger partial charge in [-0.1, -0.05) is 12.1 Å². The Morgan fingerprint density at radius 3 is 2.43 bits per heavy atom. The van der Waals surface area contributed by atoms with Crippen LogP contribution in [-0.2, 0) is 16.1 Å². The van der Waals surface area contributed by atoms with Crippen LogP contribution in [0.3, 0.4) is 0 Å². The molecule has 0 unspecified atom stereocenters. The van der Waals surface area contributed by atoms with Gasteiger partial charge >= 0.3 is 0 Å². The first-order chi connectivity index (χ1) is 6.72. The number of ketones is 1. The molecule has 0 fully saturated rings. The lowest BCUT2D eigenvalue weighted by molar-refractivity contribution is -0.121. The van der Waals surface area contributed by atoms with Gasteiger partial charge in [0.1, 0.15) is 12.4 Å². The zero-order valence-electron chi connectivity index (χ0n) is 8.45. The molecule has 0 aliphatic heterocycles. The molecule has 3 heteroatoms. The van der Waals surface area contributed by atoms with Crippen molar-refractivity contribution in [1.29, 1.82) is 0 Å². The summed E-state index contributed by atoms with van der Waals surface area (Å²) in [4.78, 5) is 10.6. The molecule has 1 aromatic rings. The molecule has 0 aliphatic carbocycles. The highest BCUT2D eigenvalue weighted by Gasteiger charge is 1.96. The molecule has 14 heavy (non-hydrogen) atoms. The maximum Gasteiger partial charge on any atom is 0.155 e. The molecule has 0 saturated heterocycles. The Bertz CT molecular complexity index is 290. The Morgan fingerprint density at radius 2 is 1.93 bits per heavy atom. The van der Waals surface area contributed by atoms with E-state index in [1.807, 2.05) is 24.3 Å². The Labute approximate surface area is 83.6 Å². The van der Waals surface area contributed by atoms with Crippen molar-refractivity contribution in [1.82, 2.24) is 0 Å². The van der Waals surface area contributed by atoms with E-state index in [9.17, 15) is 4.79 Å². The van der Waals surface area contributed by atoms with Crippen molar-refractivity contribution in [2.75, 3.05) is 13.7 Å². The van der Waals surface area contributed by atoms with Crippen LogP contribution < -0.4 is 4.74 Å². The molecule has 0 bridgehead atoms. The highest BCUT2D eigenvalue weighted by molar-refractivity contribution is 5.76. The first-order valence-electron chi connectivity index (χ1n) is 4.42. The van der Waals surface area contributed by atoms with Crippen molar-refractivity contribution in [3.8, 4) is 5.75 Å². The summed E-state index contributed by atoms with van der Waals surface area (Å²) >= 11 is 0. The number of rotatable bonds is 5. The lowest BCUT2D eigenvalue weighted by atomic mass is 10.2. The Hall–Kier alpha value is -1.35. The van der Waals surface area contributed by atoms with Gasteiger partial charge in [0.05, 0.1) is 13.7 Å². The second-order valence-corrected chi connectivity index (χ2v) is 3.04. The fraction of sp³-hybridized carbons (Fsp3) is 0.364. The van der Waals surface area contributed by atoms with Crippen molar-refractivity contribution in [3.05, 3.63) is 29.8 Å². The van der Waals surface area contributed by atoms with Gasteiger partial charge in [-0.25, -0.2) is 0 Å². The predicted octanol–water partition coefficient (Wildman–Crippen LogP) is 1.80. The van der Waals surface area contributed by atoms with Crippen LogP contribution in [0.2, 0.25) is 0 Å². The first kappa shape index (κ1) is 10.7. The van der Waals surface area contributed by atoms with Crippen LogP contribution in [-0.4, -0.2) is 19.5 Å². The normalized spacial score (nSPS) is 9.86. The number of benzene rings is 1.